The number of esters is 1. The van der Waals surface area contributed by atoms with Crippen LogP contribution in [0.1, 0.15) is 51.4 Å². The third-order valence-electron chi connectivity index (χ3n) is 5.84. The average molecular weight is 321 g/mol. The van der Waals surface area contributed by atoms with Gasteiger partial charge in [0, 0.05) is 12.6 Å². The summed E-state index contributed by atoms with van der Waals surface area (Å²) in [7, 11) is 0. The van der Waals surface area contributed by atoms with Gasteiger partial charge in [0.2, 0.25) is 0 Å². The second kappa shape index (κ2) is 7.37. The van der Waals surface area contributed by atoms with Crippen molar-refractivity contribution in [1.29, 1.82) is 0 Å². The Morgan fingerprint density at radius 1 is 0.957 bits per heavy atom. The second-order valence-corrected chi connectivity index (χ2v) is 7.13. The zero-order chi connectivity index (χ0) is 16.2. The molecule has 0 spiro atoms. The molecule has 2 bridgehead atoms. The van der Waals surface area contributed by atoms with Crippen molar-refractivity contribution in [1.82, 2.24) is 5.32 Å². The maximum absolute atomic E-state index is 12.1. The lowest BCUT2D eigenvalue weighted by Crippen LogP contribution is -2.41. The first-order valence-electron chi connectivity index (χ1n) is 8.95. The molecule has 128 valence electrons. The van der Waals surface area contributed by atoms with Gasteiger partial charge in [0.05, 0.1) is 0 Å². The predicted octanol–water partition coefficient (Wildman–Crippen LogP) is 3.19. The van der Waals surface area contributed by atoms with E-state index >= 15 is 0 Å². The third kappa shape index (κ3) is 3.88. The fourth-order valence-electron chi connectivity index (χ4n) is 4.63. The minimum atomic E-state index is -0.451. The molecule has 1 amide bonds. The van der Waals surface area contributed by atoms with Crippen LogP contribution in [0, 0.1) is 17.8 Å². The van der Waals surface area contributed by atoms with Crippen LogP contribution < -0.4 is 5.32 Å². The summed E-state index contributed by atoms with van der Waals surface area (Å²) >= 11 is 0. The first-order valence-corrected chi connectivity index (χ1v) is 8.95. The van der Waals surface area contributed by atoms with Gasteiger partial charge in [-0.3, -0.25) is 0 Å². The van der Waals surface area contributed by atoms with Gasteiger partial charge < -0.3 is 14.8 Å². The van der Waals surface area contributed by atoms with Crippen LogP contribution in [0.15, 0.2) is 12.7 Å². The fraction of sp³-hybridized carbons (Fsp3) is 0.778. The highest BCUT2D eigenvalue weighted by Gasteiger charge is 2.41. The van der Waals surface area contributed by atoms with Crippen LogP contribution in [-0.4, -0.2) is 30.8 Å². The Hall–Kier alpha value is -1.52. The lowest BCUT2D eigenvalue weighted by molar-refractivity contribution is -0.151. The average Bonchev–Trinajstić information content (AvgIpc) is 3.14. The Balaban J connectivity index is 1.45. The van der Waals surface area contributed by atoms with Crippen molar-refractivity contribution in [2.24, 2.45) is 17.8 Å². The molecule has 0 aromatic carbocycles. The predicted molar refractivity (Wildman–Crippen MR) is 85.8 cm³/mol. The van der Waals surface area contributed by atoms with Gasteiger partial charge in [-0.25, -0.2) is 9.59 Å². The monoisotopic (exact) mass is 321 g/mol. The quantitative estimate of drug-likeness (QED) is 0.624. The lowest BCUT2D eigenvalue weighted by Gasteiger charge is -2.30. The summed E-state index contributed by atoms with van der Waals surface area (Å²) in [6.45, 7) is 4.13. The van der Waals surface area contributed by atoms with Crippen molar-refractivity contribution < 1.29 is 19.1 Å². The zero-order valence-corrected chi connectivity index (χ0v) is 13.7. The number of ether oxygens (including phenoxy) is 2. The van der Waals surface area contributed by atoms with Gasteiger partial charge in [-0.2, -0.15) is 0 Å². The third-order valence-corrected chi connectivity index (χ3v) is 5.84. The minimum Gasteiger partial charge on any atom is -0.455 e. The van der Waals surface area contributed by atoms with E-state index < -0.39 is 5.97 Å². The molecule has 0 heterocycles. The van der Waals surface area contributed by atoms with E-state index in [-0.39, 0.29) is 18.3 Å². The number of amides is 1. The summed E-state index contributed by atoms with van der Waals surface area (Å²) in [5, 5.41) is 2.94. The van der Waals surface area contributed by atoms with Gasteiger partial charge in [-0.05, 0) is 69.1 Å². The van der Waals surface area contributed by atoms with Crippen LogP contribution in [0.2, 0.25) is 0 Å². The molecule has 23 heavy (non-hydrogen) atoms. The standard InChI is InChI=1S/C18H27NO4/c1-2-17(20)22-15-5-3-4-6-16(15)23-18(21)19-11-14-12-7-8-13(14)10-9-12/h2,12-16H,1,3-11H2,(H,19,21). The van der Waals surface area contributed by atoms with Crippen LogP contribution in [0.5, 0.6) is 0 Å². The highest BCUT2D eigenvalue weighted by molar-refractivity contribution is 5.81. The number of carbonyl (C=O) groups is 2. The van der Waals surface area contributed by atoms with Crippen molar-refractivity contribution >= 4 is 12.1 Å². The molecule has 0 radical (unpaired) electrons. The summed E-state index contributed by atoms with van der Waals surface area (Å²) in [4.78, 5) is 23.5. The van der Waals surface area contributed by atoms with E-state index in [1.54, 1.807) is 0 Å². The van der Waals surface area contributed by atoms with Gasteiger partial charge in [-0.1, -0.05) is 6.58 Å². The SMILES string of the molecule is C=CC(=O)OC1CCCCC1OC(=O)NCC1C2CCC1CC2. The van der Waals surface area contributed by atoms with E-state index in [4.69, 9.17) is 9.47 Å². The van der Waals surface area contributed by atoms with Gasteiger partial charge in [0.15, 0.2) is 0 Å². The molecular formula is C18H27NO4. The fourth-order valence-corrected chi connectivity index (χ4v) is 4.63. The summed E-state index contributed by atoms with van der Waals surface area (Å²) < 4.78 is 10.9. The zero-order valence-electron chi connectivity index (χ0n) is 13.7. The Bertz CT molecular complexity index is 444. The Labute approximate surface area is 137 Å². The lowest BCUT2D eigenvalue weighted by atomic mass is 9.94. The van der Waals surface area contributed by atoms with Gasteiger partial charge in [0.1, 0.15) is 12.2 Å². The molecule has 5 heteroatoms. The largest absolute Gasteiger partial charge is 0.455 e. The Morgan fingerprint density at radius 2 is 1.52 bits per heavy atom. The van der Waals surface area contributed by atoms with Crippen LogP contribution >= 0.6 is 0 Å². The highest BCUT2D eigenvalue weighted by atomic mass is 16.6. The summed E-state index contributed by atoms with van der Waals surface area (Å²) in [5.74, 6) is 1.75. The Morgan fingerprint density at radius 3 is 2.09 bits per heavy atom. The number of carbonyl (C=O) groups excluding carboxylic acids is 2. The second-order valence-electron chi connectivity index (χ2n) is 7.13. The van der Waals surface area contributed by atoms with E-state index in [0.29, 0.717) is 5.92 Å². The number of hydrogen-bond acceptors (Lipinski definition) is 4. The molecule has 3 aliphatic carbocycles. The first-order chi connectivity index (χ1) is 11.2. The molecule has 0 saturated heterocycles. The molecule has 3 saturated carbocycles. The van der Waals surface area contributed by atoms with Gasteiger partial charge in [0.25, 0.3) is 0 Å². The number of nitrogens with one attached hydrogen (secondary N) is 1. The van der Waals surface area contributed by atoms with E-state index in [0.717, 1.165) is 50.1 Å². The molecule has 3 rings (SSSR count). The smallest absolute Gasteiger partial charge is 0.407 e. The molecule has 0 aliphatic heterocycles. The van der Waals surface area contributed by atoms with Crippen molar-refractivity contribution in [2.75, 3.05) is 6.54 Å². The van der Waals surface area contributed by atoms with Gasteiger partial charge >= 0.3 is 12.1 Å². The maximum atomic E-state index is 12.1. The van der Waals surface area contributed by atoms with Crippen molar-refractivity contribution in [3.05, 3.63) is 12.7 Å². The van der Waals surface area contributed by atoms with E-state index in [9.17, 15) is 9.59 Å². The number of alkyl carbamates (subject to hydrolysis) is 1. The molecule has 0 aromatic rings. The minimum absolute atomic E-state index is 0.340. The normalized spacial score (nSPS) is 35.6. The first kappa shape index (κ1) is 16.3. The highest BCUT2D eigenvalue weighted by Crippen LogP contribution is 2.48. The van der Waals surface area contributed by atoms with Crippen molar-refractivity contribution in [3.8, 4) is 0 Å². The number of hydrogen-bond donors (Lipinski definition) is 1. The molecular weight excluding hydrogens is 294 g/mol. The van der Waals surface area contributed by atoms with Gasteiger partial charge in [-0.15, -0.1) is 0 Å². The molecule has 2 atom stereocenters. The van der Waals surface area contributed by atoms with Crippen LogP contribution in [-0.2, 0) is 14.3 Å². The van der Waals surface area contributed by atoms with Crippen molar-refractivity contribution in [3.63, 3.8) is 0 Å². The number of rotatable bonds is 5. The van der Waals surface area contributed by atoms with Crippen molar-refractivity contribution in [2.45, 2.75) is 63.6 Å². The van der Waals surface area contributed by atoms with Crippen LogP contribution in [0.3, 0.4) is 0 Å². The number of fused-ring (bicyclic) bond motifs is 2. The summed E-state index contributed by atoms with van der Waals surface area (Å²) in [6, 6.07) is 0. The summed E-state index contributed by atoms with van der Waals surface area (Å²) in [5.41, 5.74) is 0. The van der Waals surface area contributed by atoms with Crippen LogP contribution in [0.4, 0.5) is 4.79 Å². The van der Waals surface area contributed by atoms with E-state index in [1.807, 2.05) is 0 Å². The molecule has 3 fully saturated rings. The van der Waals surface area contributed by atoms with Crippen LogP contribution in [0.25, 0.3) is 0 Å². The molecule has 5 nitrogen and oxygen atoms in total. The summed E-state index contributed by atoms with van der Waals surface area (Å²) in [6.07, 6.45) is 8.82. The molecule has 1 N–H and O–H groups in total. The Kier molecular flexibility index (Phi) is 5.23. The topological polar surface area (TPSA) is 64.6 Å². The van der Waals surface area contributed by atoms with E-state index in [1.165, 1.54) is 25.7 Å². The molecule has 0 aromatic heterocycles. The maximum Gasteiger partial charge on any atom is 0.407 e. The van der Waals surface area contributed by atoms with E-state index in [2.05, 4.69) is 11.9 Å². The molecule has 2 unspecified atom stereocenters. The molecule has 3 aliphatic rings.